The van der Waals surface area contributed by atoms with Crippen molar-refractivity contribution >= 4 is 27.5 Å². The molecular weight excluding hydrogens is 394 g/mol. The molecule has 1 aliphatic carbocycles. The van der Waals surface area contributed by atoms with Crippen LogP contribution in [-0.4, -0.2) is 62.6 Å². The van der Waals surface area contributed by atoms with E-state index < -0.39 is 21.5 Å². The summed E-state index contributed by atoms with van der Waals surface area (Å²) in [5.74, 6) is -0.235. The van der Waals surface area contributed by atoms with Gasteiger partial charge in [0.1, 0.15) is 11.3 Å². The highest BCUT2D eigenvalue weighted by molar-refractivity contribution is 7.88. The Morgan fingerprint density at radius 3 is 2.55 bits per heavy atom. The maximum absolute atomic E-state index is 13.4. The number of amides is 2. The summed E-state index contributed by atoms with van der Waals surface area (Å²) in [6, 6.07) is 6.94. The number of hydrogen-bond donors (Lipinski definition) is 1. The number of methoxy groups -OCH3 is 1. The summed E-state index contributed by atoms with van der Waals surface area (Å²) >= 11 is 0. The van der Waals surface area contributed by atoms with Gasteiger partial charge >= 0.3 is 0 Å². The van der Waals surface area contributed by atoms with Crippen molar-refractivity contribution in [3.8, 4) is 5.75 Å². The van der Waals surface area contributed by atoms with Crippen LogP contribution in [0.1, 0.15) is 39.0 Å². The average molecular weight is 424 g/mol. The predicted molar refractivity (Wildman–Crippen MR) is 110 cm³/mol. The third-order valence-corrected chi connectivity index (χ3v) is 6.95. The minimum atomic E-state index is -3.63. The molecule has 1 aliphatic heterocycles. The van der Waals surface area contributed by atoms with E-state index in [-0.39, 0.29) is 25.0 Å². The van der Waals surface area contributed by atoms with Crippen molar-refractivity contribution in [3.63, 3.8) is 0 Å². The van der Waals surface area contributed by atoms with E-state index in [1.54, 1.807) is 31.2 Å². The van der Waals surface area contributed by atoms with E-state index >= 15 is 0 Å². The Kier molecular flexibility index (Phi) is 6.19. The molecule has 0 bridgehead atoms. The van der Waals surface area contributed by atoms with Gasteiger partial charge in [0.2, 0.25) is 21.8 Å². The predicted octanol–water partition coefficient (Wildman–Crippen LogP) is 1.51. The molecule has 2 aliphatic rings. The van der Waals surface area contributed by atoms with Crippen LogP contribution in [0.25, 0.3) is 0 Å². The number of hydrogen-bond acceptors (Lipinski definition) is 5. The first-order chi connectivity index (χ1) is 13.6. The number of anilines is 1. The third kappa shape index (κ3) is 4.56. The Labute approximate surface area is 172 Å². The van der Waals surface area contributed by atoms with Gasteiger partial charge in [-0.15, -0.1) is 0 Å². The highest BCUT2D eigenvalue weighted by Gasteiger charge is 2.50. The second kappa shape index (κ2) is 8.31. The number of benzene rings is 1. The number of rotatable bonds is 5. The minimum absolute atomic E-state index is 0.0453. The molecule has 2 fully saturated rings. The van der Waals surface area contributed by atoms with E-state index in [2.05, 4.69) is 5.32 Å². The summed E-state index contributed by atoms with van der Waals surface area (Å²) in [6.07, 6.45) is 6.10. The highest BCUT2D eigenvalue weighted by Crippen LogP contribution is 2.33. The van der Waals surface area contributed by atoms with Crippen molar-refractivity contribution in [1.29, 1.82) is 0 Å². The van der Waals surface area contributed by atoms with Crippen LogP contribution in [-0.2, 0) is 19.6 Å². The van der Waals surface area contributed by atoms with Crippen molar-refractivity contribution in [1.82, 2.24) is 9.62 Å². The first-order valence-corrected chi connectivity index (χ1v) is 11.7. The van der Waals surface area contributed by atoms with Gasteiger partial charge < -0.3 is 10.1 Å². The Morgan fingerprint density at radius 2 is 1.93 bits per heavy atom. The Balaban J connectivity index is 1.98. The summed E-state index contributed by atoms with van der Waals surface area (Å²) in [5.41, 5.74) is -0.869. The quantitative estimate of drug-likeness (QED) is 0.775. The number of piperazine rings is 1. The van der Waals surface area contributed by atoms with E-state index in [0.717, 1.165) is 42.7 Å². The molecule has 0 spiro atoms. The van der Waals surface area contributed by atoms with Gasteiger partial charge in [0.05, 0.1) is 19.9 Å². The molecule has 1 saturated heterocycles. The van der Waals surface area contributed by atoms with Crippen molar-refractivity contribution in [2.24, 2.45) is 0 Å². The number of ether oxygens (including phenoxy) is 1. The summed E-state index contributed by atoms with van der Waals surface area (Å²) in [7, 11) is -2.11. The molecule has 8 nitrogen and oxygen atoms in total. The van der Waals surface area contributed by atoms with Crippen LogP contribution >= 0.6 is 0 Å². The van der Waals surface area contributed by atoms with Crippen LogP contribution in [0.5, 0.6) is 5.75 Å². The standard InChI is InChI=1S/C20H29N3O5S/c1-20(19(25)21-15-8-5-4-6-9-15)14-22(29(3,26)27)13-18(24)23(20)16-10-7-11-17(12-16)28-2/h7,10-12,15H,4-6,8-9,13-14H2,1-3H3,(H,21,25). The molecular formula is C20H29N3O5S. The number of carbonyl (C=O) groups is 2. The normalized spacial score (nSPS) is 24.4. The first-order valence-electron chi connectivity index (χ1n) is 9.88. The smallest absolute Gasteiger partial charge is 0.247 e. The molecule has 1 aromatic rings. The largest absolute Gasteiger partial charge is 0.497 e. The average Bonchev–Trinajstić information content (AvgIpc) is 2.67. The van der Waals surface area contributed by atoms with E-state index in [4.69, 9.17) is 4.74 Å². The summed E-state index contributed by atoms with van der Waals surface area (Å²) in [5, 5.41) is 3.06. The molecule has 0 radical (unpaired) electrons. The lowest BCUT2D eigenvalue weighted by molar-refractivity contribution is -0.133. The minimum Gasteiger partial charge on any atom is -0.497 e. The maximum atomic E-state index is 13.4. The molecule has 9 heteroatoms. The molecule has 0 aromatic heterocycles. The Morgan fingerprint density at radius 1 is 1.24 bits per heavy atom. The van der Waals surface area contributed by atoms with Gasteiger partial charge in [-0.05, 0) is 31.9 Å². The fourth-order valence-corrected chi connectivity index (χ4v) is 4.97. The maximum Gasteiger partial charge on any atom is 0.247 e. The molecule has 1 atom stereocenters. The molecule has 2 amide bonds. The van der Waals surface area contributed by atoms with Crippen LogP contribution in [0.3, 0.4) is 0 Å². The van der Waals surface area contributed by atoms with Gasteiger partial charge in [-0.3, -0.25) is 14.5 Å². The second-order valence-electron chi connectivity index (χ2n) is 8.04. The molecule has 29 heavy (non-hydrogen) atoms. The Hall–Kier alpha value is -2.13. The number of carbonyl (C=O) groups excluding carboxylic acids is 2. The molecule has 1 unspecified atom stereocenters. The molecule has 1 N–H and O–H groups in total. The lowest BCUT2D eigenvalue weighted by Crippen LogP contribution is -2.70. The zero-order valence-corrected chi connectivity index (χ0v) is 18.0. The molecule has 160 valence electrons. The van der Waals surface area contributed by atoms with E-state index in [9.17, 15) is 18.0 Å². The summed E-state index contributed by atoms with van der Waals surface area (Å²) in [6.45, 7) is 1.22. The van der Waals surface area contributed by atoms with Crippen molar-refractivity contribution < 1.29 is 22.7 Å². The lowest BCUT2D eigenvalue weighted by Gasteiger charge is -2.47. The van der Waals surface area contributed by atoms with Crippen molar-refractivity contribution in [2.75, 3.05) is 31.4 Å². The van der Waals surface area contributed by atoms with Gasteiger partial charge in [0.25, 0.3) is 0 Å². The zero-order chi connectivity index (χ0) is 21.2. The van der Waals surface area contributed by atoms with Crippen LogP contribution in [0.2, 0.25) is 0 Å². The number of sulfonamides is 1. The van der Waals surface area contributed by atoms with Crippen LogP contribution in [0.15, 0.2) is 24.3 Å². The highest BCUT2D eigenvalue weighted by atomic mass is 32.2. The fourth-order valence-electron chi connectivity index (χ4n) is 4.14. The van der Waals surface area contributed by atoms with Crippen LogP contribution in [0, 0.1) is 0 Å². The van der Waals surface area contributed by atoms with Gasteiger partial charge in [0, 0.05) is 24.3 Å². The topological polar surface area (TPSA) is 96.0 Å². The summed E-state index contributed by atoms with van der Waals surface area (Å²) < 4.78 is 30.7. The van der Waals surface area contributed by atoms with Crippen molar-refractivity contribution in [2.45, 2.75) is 50.6 Å². The lowest BCUT2D eigenvalue weighted by atomic mass is 9.91. The van der Waals surface area contributed by atoms with E-state index in [1.807, 2.05) is 0 Å². The second-order valence-corrected chi connectivity index (χ2v) is 10.0. The number of nitrogens with zero attached hydrogens (tertiary/aromatic N) is 2. The molecule has 1 heterocycles. The van der Waals surface area contributed by atoms with E-state index in [1.165, 1.54) is 12.0 Å². The molecule has 3 rings (SSSR count). The van der Waals surface area contributed by atoms with Crippen LogP contribution < -0.4 is 15.0 Å². The SMILES string of the molecule is COc1cccc(N2C(=O)CN(S(C)(=O)=O)CC2(C)C(=O)NC2CCCCC2)c1. The van der Waals surface area contributed by atoms with Gasteiger partial charge in [-0.2, -0.15) is 4.31 Å². The monoisotopic (exact) mass is 423 g/mol. The Bertz CT molecular complexity index is 882. The van der Waals surface area contributed by atoms with Crippen LogP contribution in [0.4, 0.5) is 5.69 Å². The fraction of sp³-hybridized carbons (Fsp3) is 0.600. The third-order valence-electron chi connectivity index (χ3n) is 5.75. The molecule has 1 aromatic carbocycles. The van der Waals surface area contributed by atoms with E-state index in [0.29, 0.717) is 11.4 Å². The van der Waals surface area contributed by atoms with Gasteiger partial charge in [-0.1, -0.05) is 25.3 Å². The zero-order valence-electron chi connectivity index (χ0n) is 17.2. The van der Waals surface area contributed by atoms with Crippen molar-refractivity contribution in [3.05, 3.63) is 24.3 Å². The summed E-state index contributed by atoms with van der Waals surface area (Å²) in [4.78, 5) is 27.9. The van der Waals surface area contributed by atoms with Gasteiger partial charge in [0.15, 0.2) is 0 Å². The first kappa shape index (κ1) is 21.6. The number of nitrogens with one attached hydrogen (secondary N) is 1. The van der Waals surface area contributed by atoms with Gasteiger partial charge in [-0.25, -0.2) is 8.42 Å². The molecule has 1 saturated carbocycles.